The highest BCUT2D eigenvalue weighted by molar-refractivity contribution is 5.72. The van der Waals surface area contributed by atoms with Crippen molar-refractivity contribution >= 4 is 5.97 Å². The zero-order valence-electron chi connectivity index (χ0n) is 6.84. The van der Waals surface area contributed by atoms with E-state index in [9.17, 15) is 4.79 Å². The molecule has 0 aromatic rings. The molecule has 0 heterocycles. The third kappa shape index (κ3) is 4.29. The maximum Gasteiger partial charge on any atom is 0.320 e. The Labute approximate surface area is 61.6 Å². The van der Waals surface area contributed by atoms with Crippen molar-refractivity contribution in [2.75, 3.05) is 6.54 Å². The molecular formula is C6H14N2O2. The van der Waals surface area contributed by atoms with Crippen molar-refractivity contribution in [3.05, 3.63) is 0 Å². The first-order chi connectivity index (χ1) is 5.00. The summed E-state index contributed by atoms with van der Waals surface area (Å²) in [5.41, 5.74) is 10.3. The number of unbranched alkanes of at least 4 members (excludes halogenated alkanes) is 1. The van der Waals surface area contributed by atoms with E-state index in [4.69, 9.17) is 17.9 Å². The van der Waals surface area contributed by atoms with Gasteiger partial charge in [-0.25, -0.2) is 0 Å². The standard InChI is InChI=1S/C6H14N2O2/c7-4-2-1-3-5(8)6(9)10/h5H,1-4,7-8H2,(H,9,10)/t5-/m0/s1/i5D. The van der Waals surface area contributed by atoms with Crippen molar-refractivity contribution in [1.29, 1.82) is 0 Å². The summed E-state index contributed by atoms with van der Waals surface area (Å²) in [5, 5.41) is 8.40. The molecule has 4 heteroatoms. The SMILES string of the molecule is [2H][C@](N)(CCCCN)C(=O)O. The summed E-state index contributed by atoms with van der Waals surface area (Å²) in [6.45, 7) is 0.510. The lowest BCUT2D eigenvalue weighted by Gasteiger charge is -2.03. The number of carboxylic acids is 1. The Morgan fingerprint density at radius 2 is 2.30 bits per heavy atom. The number of hydrogen-bond donors (Lipinski definition) is 3. The average Bonchev–Trinajstić information content (AvgIpc) is 1.88. The van der Waals surface area contributed by atoms with Crippen LogP contribution >= 0.6 is 0 Å². The van der Waals surface area contributed by atoms with Crippen molar-refractivity contribution in [2.45, 2.75) is 25.3 Å². The number of rotatable bonds is 5. The van der Waals surface area contributed by atoms with Gasteiger partial charge in [0.1, 0.15) is 6.02 Å². The Morgan fingerprint density at radius 1 is 1.70 bits per heavy atom. The van der Waals surface area contributed by atoms with Crippen LogP contribution in [0, 0.1) is 0 Å². The summed E-state index contributed by atoms with van der Waals surface area (Å²) in [4.78, 5) is 10.3. The molecule has 0 aliphatic carbocycles. The molecule has 5 N–H and O–H groups in total. The summed E-state index contributed by atoms with van der Waals surface area (Å²) >= 11 is 0. The fourth-order valence-electron chi connectivity index (χ4n) is 0.567. The summed E-state index contributed by atoms with van der Waals surface area (Å²) < 4.78 is 7.10. The van der Waals surface area contributed by atoms with Crippen molar-refractivity contribution in [3.8, 4) is 0 Å². The summed E-state index contributed by atoms with van der Waals surface area (Å²) in [6, 6.07) is -1.84. The van der Waals surface area contributed by atoms with Gasteiger partial charge < -0.3 is 16.6 Å². The van der Waals surface area contributed by atoms with Gasteiger partial charge in [0.15, 0.2) is 0 Å². The van der Waals surface area contributed by atoms with Gasteiger partial charge in [0.2, 0.25) is 0 Å². The van der Waals surface area contributed by atoms with Crippen LogP contribution in [-0.4, -0.2) is 23.6 Å². The normalized spacial score (nSPS) is 17.6. The van der Waals surface area contributed by atoms with E-state index in [0.29, 0.717) is 19.4 Å². The van der Waals surface area contributed by atoms with E-state index in [1.54, 1.807) is 0 Å². The van der Waals surface area contributed by atoms with E-state index in [1.807, 2.05) is 0 Å². The molecule has 0 saturated carbocycles. The van der Waals surface area contributed by atoms with Crippen LogP contribution in [0.15, 0.2) is 0 Å². The molecule has 0 rings (SSSR count). The van der Waals surface area contributed by atoms with Gasteiger partial charge in [0.05, 0.1) is 1.37 Å². The first-order valence-electron chi connectivity index (χ1n) is 3.73. The van der Waals surface area contributed by atoms with Crippen LogP contribution in [0.25, 0.3) is 0 Å². The molecule has 0 saturated heterocycles. The van der Waals surface area contributed by atoms with E-state index in [0.717, 1.165) is 0 Å². The van der Waals surface area contributed by atoms with Crippen molar-refractivity contribution < 1.29 is 11.3 Å². The molecule has 0 aliphatic heterocycles. The van der Waals surface area contributed by atoms with Gasteiger partial charge in [-0.05, 0) is 19.4 Å². The minimum Gasteiger partial charge on any atom is -0.480 e. The maximum absolute atomic E-state index is 10.3. The Balaban J connectivity index is 3.64. The fourth-order valence-corrected chi connectivity index (χ4v) is 0.567. The van der Waals surface area contributed by atoms with Gasteiger partial charge in [0.25, 0.3) is 0 Å². The molecule has 0 spiro atoms. The van der Waals surface area contributed by atoms with E-state index in [1.165, 1.54) is 0 Å². The number of carbonyl (C=O) groups is 1. The number of hydrogen-bond acceptors (Lipinski definition) is 3. The minimum absolute atomic E-state index is 0.152. The number of aliphatic carboxylic acids is 1. The molecule has 0 unspecified atom stereocenters. The largest absolute Gasteiger partial charge is 0.480 e. The molecule has 60 valence electrons. The quantitative estimate of drug-likeness (QED) is 0.458. The molecule has 1 atom stereocenters. The van der Waals surface area contributed by atoms with Crippen LogP contribution in [0.1, 0.15) is 20.6 Å². The molecule has 0 aromatic heterocycles. The minimum atomic E-state index is -1.84. The Hall–Kier alpha value is -0.610. The first-order valence-corrected chi connectivity index (χ1v) is 3.23. The molecule has 4 nitrogen and oxygen atoms in total. The van der Waals surface area contributed by atoms with Crippen molar-refractivity contribution in [1.82, 2.24) is 0 Å². The molecular weight excluding hydrogens is 132 g/mol. The van der Waals surface area contributed by atoms with Crippen LogP contribution in [0.5, 0.6) is 0 Å². The Bertz CT molecular complexity index is 139. The molecule has 10 heavy (non-hydrogen) atoms. The van der Waals surface area contributed by atoms with Gasteiger partial charge in [0, 0.05) is 0 Å². The lowest BCUT2D eigenvalue weighted by atomic mass is 10.1. The Kier molecular flexibility index (Phi) is 3.90. The second-order valence-corrected chi connectivity index (χ2v) is 2.08. The second kappa shape index (κ2) is 5.20. The molecule has 0 fully saturated rings. The zero-order chi connectivity index (χ0) is 8.91. The van der Waals surface area contributed by atoms with E-state index in [2.05, 4.69) is 0 Å². The molecule has 0 aromatic carbocycles. The molecule has 0 amide bonds. The van der Waals surface area contributed by atoms with E-state index >= 15 is 0 Å². The lowest BCUT2D eigenvalue weighted by Crippen LogP contribution is -2.29. The Morgan fingerprint density at radius 3 is 2.70 bits per heavy atom. The van der Waals surface area contributed by atoms with Gasteiger partial charge in [-0.15, -0.1) is 0 Å². The van der Waals surface area contributed by atoms with E-state index < -0.39 is 12.0 Å². The topological polar surface area (TPSA) is 89.3 Å². The van der Waals surface area contributed by atoms with Crippen LogP contribution in [0.2, 0.25) is 0 Å². The van der Waals surface area contributed by atoms with Gasteiger partial charge in [-0.2, -0.15) is 0 Å². The van der Waals surface area contributed by atoms with E-state index in [-0.39, 0.29) is 6.42 Å². The molecule has 0 bridgehead atoms. The first kappa shape index (κ1) is 7.50. The monoisotopic (exact) mass is 147 g/mol. The smallest absolute Gasteiger partial charge is 0.320 e. The fraction of sp³-hybridized carbons (Fsp3) is 0.833. The zero-order valence-corrected chi connectivity index (χ0v) is 5.84. The predicted octanol–water partition coefficient (Wildman–Crippen LogP) is -0.473. The predicted molar refractivity (Wildman–Crippen MR) is 38.5 cm³/mol. The second-order valence-electron chi connectivity index (χ2n) is 2.08. The maximum atomic E-state index is 10.3. The van der Waals surface area contributed by atoms with Gasteiger partial charge in [-0.3, -0.25) is 4.79 Å². The van der Waals surface area contributed by atoms with Gasteiger partial charge in [-0.1, -0.05) is 6.42 Å². The van der Waals surface area contributed by atoms with Crippen LogP contribution in [-0.2, 0) is 4.79 Å². The van der Waals surface area contributed by atoms with Crippen LogP contribution in [0.3, 0.4) is 0 Å². The van der Waals surface area contributed by atoms with Crippen LogP contribution in [0.4, 0.5) is 0 Å². The third-order valence-electron chi connectivity index (χ3n) is 1.17. The highest BCUT2D eigenvalue weighted by Crippen LogP contribution is 1.96. The summed E-state index contributed by atoms with van der Waals surface area (Å²) in [7, 11) is 0. The van der Waals surface area contributed by atoms with Crippen LogP contribution < -0.4 is 11.5 Å². The average molecular weight is 147 g/mol. The highest BCUT2D eigenvalue weighted by atomic mass is 16.4. The number of carboxylic acid groups (broad SMARTS) is 1. The van der Waals surface area contributed by atoms with Crippen molar-refractivity contribution in [2.24, 2.45) is 11.5 Å². The lowest BCUT2D eigenvalue weighted by molar-refractivity contribution is -0.138. The summed E-state index contributed by atoms with van der Waals surface area (Å²) in [6.07, 6.45) is 1.45. The number of nitrogens with two attached hydrogens (primary N) is 2. The van der Waals surface area contributed by atoms with Crippen molar-refractivity contribution in [3.63, 3.8) is 0 Å². The van der Waals surface area contributed by atoms with Gasteiger partial charge >= 0.3 is 5.97 Å². The molecule has 0 radical (unpaired) electrons. The third-order valence-corrected chi connectivity index (χ3v) is 1.17. The molecule has 0 aliphatic rings. The summed E-state index contributed by atoms with van der Waals surface area (Å²) in [5.74, 6) is -1.28. The highest BCUT2D eigenvalue weighted by Gasteiger charge is 2.09.